The zero-order chi connectivity index (χ0) is 13.8. The van der Waals surface area contributed by atoms with E-state index in [9.17, 15) is 0 Å². The van der Waals surface area contributed by atoms with Gasteiger partial charge in [-0.3, -0.25) is 0 Å². The fourth-order valence-electron chi connectivity index (χ4n) is 2.50. The quantitative estimate of drug-likeness (QED) is 0.670. The van der Waals surface area contributed by atoms with Crippen molar-refractivity contribution < 1.29 is 0 Å². The fraction of sp³-hybridized carbons (Fsp3) is 0.167. The first-order valence-corrected chi connectivity index (χ1v) is 7.06. The van der Waals surface area contributed by atoms with Gasteiger partial charge in [-0.25, -0.2) is 4.98 Å². The molecule has 100 valence electrons. The molecule has 0 unspecified atom stereocenters. The summed E-state index contributed by atoms with van der Waals surface area (Å²) in [5.41, 5.74) is 4.66. The first-order valence-electron chi connectivity index (χ1n) is 7.06. The Morgan fingerprint density at radius 3 is 2.05 bits per heavy atom. The van der Waals surface area contributed by atoms with Gasteiger partial charge in [0.1, 0.15) is 0 Å². The predicted molar refractivity (Wildman–Crippen MR) is 83.4 cm³/mol. The monoisotopic (exact) mass is 262 g/mol. The number of hydrogen-bond donors (Lipinski definition) is 0. The molecule has 0 aliphatic heterocycles. The second kappa shape index (κ2) is 5.74. The molecule has 0 spiro atoms. The van der Waals surface area contributed by atoms with Gasteiger partial charge in [-0.2, -0.15) is 0 Å². The molecule has 2 aromatic carbocycles. The van der Waals surface area contributed by atoms with Crippen LogP contribution in [-0.2, 0) is 6.54 Å². The van der Waals surface area contributed by atoms with Gasteiger partial charge in [-0.05, 0) is 6.42 Å². The molecule has 0 fully saturated rings. The zero-order valence-electron chi connectivity index (χ0n) is 11.7. The highest BCUT2D eigenvalue weighted by Crippen LogP contribution is 2.31. The molecule has 0 aliphatic carbocycles. The second-order valence-electron chi connectivity index (χ2n) is 4.87. The molecule has 0 atom stereocenters. The lowest BCUT2D eigenvalue weighted by Crippen LogP contribution is -1.98. The molecule has 2 nitrogen and oxygen atoms in total. The standard InChI is InChI=1S/C18H18N2/c1-2-13-20-14-19-17(15-9-5-3-6-10-15)18(20)16-11-7-4-8-12-16/h3-12,14H,2,13H2,1H3. The molecular formula is C18H18N2. The maximum atomic E-state index is 4.64. The third kappa shape index (κ3) is 2.37. The van der Waals surface area contributed by atoms with E-state index >= 15 is 0 Å². The lowest BCUT2D eigenvalue weighted by atomic mass is 10.0. The highest BCUT2D eigenvalue weighted by atomic mass is 15.1. The molecule has 0 amide bonds. The summed E-state index contributed by atoms with van der Waals surface area (Å²) in [6, 6.07) is 20.9. The number of rotatable bonds is 4. The second-order valence-corrected chi connectivity index (χ2v) is 4.87. The van der Waals surface area contributed by atoms with Crippen molar-refractivity contribution in [2.75, 3.05) is 0 Å². The summed E-state index contributed by atoms with van der Waals surface area (Å²) in [5.74, 6) is 0. The van der Waals surface area contributed by atoms with Gasteiger partial charge < -0.3 is 4.57 Å². The normalized spacial score (nSPS) is 10.7. The van der Waals surface area contributed by atoms with Gasteiger partial charge >= 0.3 is 0 Å². The smallest absolute Gasteiger partial charge is 0.0963 e. The van der Waals surface area contributed by atoms with E-state index in [4.69, 9.17) is 0 Å². The predicted octanol–water partition coefficient (Wildman–Crippen LogP) is 4.63. The summed E-state index contributed by atoms with van der Waals surface area (Å²) in [7, 11) is 0. The Bertz CT molecular complexity index is 669. The van der Waals surface area contributed by atoms with Crippen molar-refractivity contribution in [1.82, 2.24) is 9.55 Å². The summed E-state index contributed by atoms with van der Waals surface area (Å²) in [5, 5.41) is 0. The van der Waals surface area contributed by atoms with Crippen molar-refractivity contribution >= 4 is 0 Å². The lowest BCUT2D eigenvalue weighted by molar-refractivity contribution is 0.684. The largest absolute Gasteiger partial charge is 0.330 e. The Morgan fingerprint density at radius 2 is 1.45 bits per heavy atom. The van der Waals surface area contributed by atoms with E-state index in [-0.39, 0.29) is 0 Å². The maximum Gasteiger partial charge on any atom is 0.0963 e. The molecule has 3 aromatic rings. The van der Waals surface area contributed by atoms with Crippen molar-refractivity contribution in [3.8, 4) is 22.5 Å². The third-order valence-corrected chi connectivity index (χ3v) is 3.40. The van der Waals surface area contributed by atoms with Gasteiger partial charge in [-0.1, -0.05) is 67.6 Å². The molecule has 1 aromatic heterocycles. The molecule has 0 radical (unpaired) electrons. The molecule has 0 saturated carbocycles. The summed E-state index contributed by atoms with van der Waals surface area (Å²) in [4.78, 5) is 4.64. The van der Waals surface area contributed by atoms with Gasteiger partial charge in [0.25, 0.3) is 0 Å². The topological polar surface area (TPSA) is 17.8 Å². The van der Waals surface area contributed by atoms with Crippen molar-refractivity contribution in [2.24, 2.45) is 0 Å². The van der Waals surface area contributed by atoms with Crippen LogP contribution in [0.1, 0.15) is 13.3 Å². The average molecular weight is 262 g/mol. The molecule has 0 aliphatic rings. The van der Waals surface area contributed by atoms with Crippen LogP contribution in [0.4, 0.5) is 0 Å². The summed E-state index contributed by atoms with van der Waals surface area (Å²) in [6.07, 6.45) is 3.05. The van der Waals surface area contributed by atoms with Crippen LogP contribution >= 0.6 is 0 Å². The molecule has 20 heavy (non-hydrogen) atoms. The first kappa shape index (κ1) is 12.7. The van der Waals surface area contributed by atoms with Crippen molar-refractivity contribution in [3.05, 3.63) is 67.0 Å². The molecule has 2 heteroatoms. The summed E-state index contributed by atoms with van der Waals surface area (Å²) in [6.45, 7) is 3.18. The molecule has 0 bridgehead atoms. The molecule has 1 heterocycles. The van der Waals surface area contributed by atoms with Crippen molar-refractivity contribution in [2.45, 2.75) is 19.9 Å². The van der Waals surface area contributed by atoms with E-state index in [1.807, 2.05) is 18.5 Å². The maximum absolute atomic E-state index is 4.64. The number of aromatic nitrogens is 2. The number of hydrogen-bond acceptors (Lipinski definition) is 1. The summed E-state index contributed by atoms with van der Waals surface area (Å²) >= 11 is 0. The van der Waals surface area contributed by atoms with Crippen LogP contribution in [0.25, 0.3) is 22.5 Å². The number of benzene rings is 2. The minimum atomic E-state index is 0.990. The van der Waals surface area contributed by atoms with Gasteiger partial charge in [0.2, 0.25) is 0 Å². The van der Waals surface area contributed by atoms with Crippen LogP contribution in [0.3, 0.4) is 0 Å². The average Bonchev–Trinajstić information content (AvgIpc) is 2.93. The minimum Gasteiger partial charge on any atom is -0.330 e. The number of aryl methyl sites for hydroxylation is 1. The van der Waals surface area contributed by atoms with Gasteiger partial charge in [0.05, 0.1) is 17.7 Å². The van der Waals surface area contributed by atoms with E-state index in [2.05, 4.69) is 65.0 Å². The Labute approximate surface area is 119 Å². The Balaban J connectivity index is 2.17. The Hall–Kier alpha value is -2.35. The highest BCUT2D eigenvalue weighted by Gasteiger charge is 2.13. The fourth-order valence-corrected chi connectivity index (χ4v) is 2.50. The third-order valence-electron chi connectivity index (χ3n) is 3.40. The van der Waals surface area contributed by atoms with E-state index in [0.717, 1.165) is 18.7 Å². The van der Waals surface area contributed by atoms with Crippen LogP contribution < -0.4 is 0 Å². The van der Waals surface area contributed by atoms with E-state index in [1.54, 1.807) is 0 Å². The van der Waals surface area contributed by atoms with E-state index in [1.165, 1.54) is 16.8 Å². The van der Waals surface area contributed by atoms with E-state index < -0.39 is 0 Å². The Kier molecular flexibility index (Phi) is 3.64. The van der Waals surface area contributed by atoms with Crippen LogP contribution in [0.5, 0.6) is 0 Å². The minimum absolute atomic E-state index is 0.990. The van der Waals surface area contributed by atoms with E-state index in [0.29, 0.717) is 0 Å². The van der Waals surface area contributed by atoms with Crippen LogP contribution in [0.15, 0.2) is 67.0 Å². The molecular weight excluding hydrogens is 244 g/mol. The van der Waals surface area contributed by atoms with Crippen molar-refractivity contribution in [1.29, 1.82) is 0 Å². The molecule has 3 rings (SSSR count). The van der Waals surface area contributed by atoms with Crippen molar-refractivity contribution in [3.63, 3.8) is 0 Å². The van der Waals surface area contributed by atoms with Crippen LogP contribution in [-0.4, -0.2) is 9.55 Å². The summed E-state index contributed by atoms with van der Waals surface area (Å²) < 4.78 is 2.25. The van der Waals surface area contributed by atoms with Gasteiger partial charge in [0.15, 0.2) is 0 Å². The number of nitrogens with zero attached hydrogens (tertiary/aromatic N) is 2. The zero-order valence-corrected chi connectivity index (χ0v) is 11.7. The Morgan fingerprint density at radius 1 is 0.850 bits per heavy atom. The lowest BCUT2D eigenvalue weighted by Gasteiger charge is -2.09. The highest BCUT2D eigenvalue weighted by molar-refractivity contribution is 5.78. The number of imidazole rings is 1. The van der Waals surface area contributed by atoms with Crippen LogP contribution in [0, 0.1) is 0 Å². The van der Waals surface area contributed by atoms with Crippen LogP contribution in [0.2, 0.25) is 0 Å². The SMILES string of the molecule is CCCn1cnc(-c2ccccc2)c1-c1ccccc1. The van der Waals surface area contributed by atoms with Gasteiger partial charge in [-0.15, -0.1) is 0 Å². The van der Waals surface area contributed by atoms with Gasteiger partial charge in [0, 0.05) is 17.7 Å². The first-order chi connectivity index (χ1) is 9.90. The molecule has 0 saturated heterocycles. The molecule has 0 N–H and O–H groups in total.